The lowest BCUT2D eigenvalue weighted by molar-refractivity contribution is -0.248. The second-order valence-electron chi connectivity index (χ2n) is 3.23. The van der Waals surface area contributed by atoms with Crippen LogP contribution in [0.25, 0.3) is 0 Å². The molecule has 0 radical (unpaired) electrons. The molecule has 0 unspecified atom stereocenters. The first kappa shape index (κ1) is 16.6. The number of aliphatic hydroxyl groups excluding tert-OH is 4. The largest absolute Gasteiger partial charge is 0.394 e. The van der Waals surface area contributed by atoms with Gasteiger partial charge in [-0.2, -0.15) is 8.42 Å². The van der Waals surface area contributed by atoms with Gasteiger partial charge in [0.2, 0.25) is 5.79 Å². The van der Waals surface area contributed by atoms with Gasteiger partial charge >= 0.3 is 10.4 Å². The normalized spacial score (nSPS) is 37.5. The molecule has 0 saturated carbocycles. The second kappa shape index (κ2) is 5.99. The van der Waals surface area contributed by atoms with Gasteiger partial charge in [-0.1, -0.05) is 0 Å². The summed E-state index contributed by atoms with van der Waals surface area (Å²) in [5.41, 5.74) is 0. The van der Waals surface area contributed by atoms with Crippen LogP contribution in [-0.2, 0) is 15.1 Å². The van der Waals surface area contributed by atoms with Crippen molar-refractivity contribution in [2.75, 3.05) is 13.2 Å². The average molecular weight is 278 g/mol. The summed E-state index contributed by atoms with van der Waals surface area (Å²) in [6, 6.07) is 0. The molecule has 1 rings (SSSR count). The van der Waals surface area contributed by atoms with E-state index in [9.17, 15) is 5.11 Å². The molecule has 0 spiro atoms. The van der Waals surface area contributed by atoms with Crippen LogP contribution in [-0.4, -0.2) is 80.4 Å². The first-order valence-electron chi connectivity index (χ1n) is 4.23. The highest BCUT2D eigenvalue weighted by Gasteiger charge is 2.52. The number of rotatable bonds is 2. The molecule has 104 valence electrons. The Morgan fingerprint density at radius 3 is 1.76 bits per heavy atom. The van der Waals surface area contributed by atoms with Crippen molar-refractivity contribution in [3.05, 3.63) is 0 Å². The lowest BCUT2D eigenvalue weighted by Crippen LogP contribution is -2.46. The minimum atomic E-state index is -4.67. The quantitative estimate of drug-likeness (QED) is 0.246. The molecular weight excluding hydrogens is 264 g/mol. The monoisotopic (exact) mass is 278 g/mol. The van der Waals surface area contributed by atoms with Gasteiger partial charge < -0.3 is 30.3 Å². The number of ether oxygens (including phenoxy) is 1. The zero-order valence-electron chi connectivity index (χ0n) is 8.41. The standard InChI is InChI=1S/C6H12O6.H2O4S/c7-1-3-4(9)5(10)6(11,2-8)12-3;1-5(2,3)4/h3-5,7-11H,1-2H2;(H2,1,2,3,4)/t3-,4-,5+,6-;/m1./s1. The predicted octanol–water partition coefficient (Wildman–Crippen LogP) is -3.87. The number of aliphatic hydroxyl groups is 5. The van der Waals surface area contributed by atoms with Crippen LogP contribution in [0.1, 0.15) is 0 Å². The Kier molecular flexibility index (Phi) is 5.86. The first-order chi connectivity index (χ1) is 7.55. The Hall–Kier alpha value is -0.370. The molecule has 0 amide bonds. The molecule has 1 aliphatic rings. The molecule has 4 atom stereocenters. The molecular formula is C6H14O10S. The van der Waals surface area contributed by atoms with Gasteiger partial charge in [0.05, 0.1) is 13.2 Å². The summed E-state index contributed by atoms with van der Waals surface area (Å²) in [6.07, 6.45) is -4.04. The molecule has 1 saturated heterocycles. The maximum Gasteiger partial charge on any atom is 0.394 e. The molecule has 0 aromatic rings. The van der Waals surface area contributed by atoms with Gasteiger partial charge in [-0.3, -0.25) is 9.11 Å². The zero-order chi connectivity index (χ0) is 13.9. The van der Waals surface area contributed by atoms with E-state index in [4.69, 9.17) is 37.9 Å². The molecule has 1 fully saturated rings. The van der Waals surface area contributed by atoms with Crippen molar-refractivity contribution in [1.82, 2.24) is 0 Å². The van der Waals surface area contributed by atoms with Crippen molar-refractivity contribution in [3.63, 3.8) is 0 Å². The summed E-state index contributed by atoms with van der Waals surface area (Å²) in [5, 5.41) is 44.7. The molecule has 0 bridgehead atoms. The molecule has 0 aliphatic carbocycles. The van der Waals surface area contributed by atoms with E-state index in [0.717, 1.165) is 0 Å². The summed E-state index contributed by atoms with van der Waals surface area (Å²) in [5.74, 6) is -2.16. The lowest BCUT2D eigenvalue weighted by atomic mass is 10.1. The maximum absolute atomic E-state index is 9.25. The summed E-state index contributed by atoms with van der Waals surface area (Å²) in [6.45, 7) is -1.36. The van der Waals surface area contributed by atoms with E-state index in [1.807, 2.05) is 0 Å². The Morgan fingerprint density at radius 1 is 1.18 bits per heavy atom. The predicted molar refractivity (Wildman–Crippen MR) is 50.2 cm³/mol. The van der Waals surface area contributed by atoms with E-state index < -0.39 is 47.7 Å². The van der Waals surface area contributed by atoms with Crippen LogP contribution in [0, 0.1) is 0 Å². The van der Waals surface area contributed by atoms with Crippen molar-refractivity contribution >= 4 is 10.4 Å². The maximum atomic E-state index is 9.25. The Bertz CT molecular complexity index is 320. The third-order valence-electron chi connectivity index (χ3n) is 1.93. The third kappa shape index (κ3) is 5.20. The molecule has 7 N–H and O–H groups in total. The minimum Gasteiger partial charge on any atom is -0.394 e. The smallest absolute Gasteiger partial charge is 0.394 e. The minimum absolute atomic E-state index is 0.527. The molecule has 11 heteroatoms. The summed E-state index contributed by atoms with van der Waals surface area (Å²) in [7, 11) is -4.67. The van der Waals surface area contributed by atoms with E-state index in [0.29, 0.717) is 0 Å². The van der Waals surface area contributed by atoms with Crippen molar-refractivity contribution in [2.45, 2.75) is 24.1 Å². The fraction of sp³-hybridized carbons (Fsp3) is 1.00. The van der Waals surface area contributed by atoms with Gasteiger partial charge in [-0.15, -0.1) is 0 Å². The summed E-state index contributed by atoms with van der Waals surface area (Å²) >= 11 is 0. The average Bonchev–Trinajstić information content (AvgIpc) is 2.41. The van der Waals surface area contributed by atoms with Crippen LogP contribution in [0.5, 0.6) is 0 Å². The molecule has 0 aromatic carbocycles. The Morgan fingerprint density at radius 2 is 1.59 bits per heavy atom. The van der Waals surface area contributed by atoms with Crippen LogP contribution in [0.2, 0.25) is 0 Å². The fourth-order valence-corrected chi connectivity index (χ4v) is 1.15. The van der Waals surface area contributed by atoms with E-state index >= 15 is 0 Å². The molecule has 17 heavy (non-hydrogen) atoms. The van der Waals surface area contributed by atoms with E-state index in [2.05, 4.69) is 4.74 Å². The van der Waals surface area contributed by atoms with Crippen LogP contribution in [0.4, 0.5) is 0 Å². The number of hydrogen-bond acceptors (Lipinski definition) is 8. The van der Waals surface area contributed by atoms with Gasteiger partial charge in [-0.05, 0) is 0 Å². The van der Waals surface area contributed by atoms with Crippen LogP contribution in [0.3, 0.4) is 0 Å². The molecule has 10 nitrogen and oxygen atoms in total. The van der Waals surface area contributed by atoms with E-state index in [1.165, 1.54) is 0 Å². The van der Waals surface area contributed by atoms with Crippen LogP contribution < -0.4 is 0 Å². The van der Waals surface area contributed by atoms with Crippen molar-refractivity contribution in [3.8, 4) is 0 Å². The Balaban J connectivity index is 0.000000437. The highest BCUT2D eigenvalue weighted by atomic mass is 32.3. The first-order valence-corrected chi connectivity index (χ1v) is 5.62. The lowest BCUT2D eigenvalue weighted by Gasteiger charge is -2.22. The van der Waals surface area contributed by atoms with Crippen molar-refractivity contribution in [2.24, 2.45) is 0 Å². The fourth-order valence-electron chi connectivity index (χ4n) is 1.15. The third-order valence-corrected chi connectivity index (χ3v) is 1.93. The summed E-state index contributed by atoms with van der Waals surface area (Å²) in [4.78, 5) is 0. The van der Waals surface area contributed by atoms with E-state index in [1.54, 1.807) is 0 Å². The highest BCUT2D eigenvalue weighted by molar-refractivity contribution is 7.79. The van der Waals surface area contributed by atoms with Crippen LogP contribution >= 0.6 is 0 Å². The summed E-state index contributed by atoms with van der Waals surface area (Å²) < 4.78 is 36.2. The molecule has 1 heterocycles. The molecule has 0 aromatic heterocycles. The molecule has 1 aliphatic heterocycles. The topological polar surface area (TPSA) is 185 Å². The Labute approximate surface area is 96.3 Å². The van der Waals surface area contributed by atoms with Crippen molar-refractivity contribution < 1.29 is 47.8 Å². The van der Waals surface area contributed by atoms with Gasteiger partial charge in [0.15, 0.2) is 0 Å². The highest BCUT2D eigenvalue weighted by Crippen LogP contribution is 2.28. The van der Waals surface area contributed by atoms with Crippen molar-refractivity contribution in [1.29, 1.82) is 0 Å². The van der Waals surface area contributed by atoms with Gasteiger partial charge in [-0.25, -0.2) is 0 Å². The zero-order valence-corrected chi connectivity index (χ0v) is 9.23. The number of hydrogen-bond donors (Lipinski definition) is 7. The van der Waals surface area contributed by atoms with Gasteiger partial charge in [0.25, 0.3) is 0 Å². The SMILES string of the molecule is O=S(=O)(O)O.OC[C@H]1O[C@](O)(CO)[C@@H](O)[C@@H]1O. The second-order valence-corrected chi connectivity index (χ2v) is 4.12. The van der Waals surface area contributed by atoms with Gasteiger partial charge in [0, 0.05) is 0 Å². The van der Waals surface area contributed by atoms with Crippen LogP contribution in [0.15, 0.2) is 0 Å². The van der Waals surface area contributed by atoms with Gasteiger partial charge in [0.1, 0.15) is 18.3 Å². The van der Waals surface area contributed by atoms with E-state index in [-0.39, 0.29) is 0 Å².